The van der Waals surface area contributed by atoms with Crippen molar-refractivity contribution in [3.63, 3.8) is 0 Å². The molecular formula is C14H16Cl2N4O. The van der Waals surface area contributed by atoms with E-state index in [1.807, 2.05) is 6.92 Å². The molecule has 0 spiro atoms. The molecule has 112 valence electrons. The maximum atomic E-state index is 12.3. The smallest absolute Gasteiger partial charge is 0.249 e. The average Bonchev–Trinajstić information content (AvgIpc) is 2.69. The molecule has 1 aromatic heterocycles. The van der Waals surface area contributed by atoms with Crippen LogP contribution in [0.5, 0.6) is 0 Å². The third kappa shape index (κ3) is 3.14. The van der Waals surface area contributed by atoms with E-state index in [1.54, 1.807) is 36.7 Å². The van der Waals surface area contributed by atoms with Crippen LogP contribution in [-0.4, -0.2) is 15.7 Å². The molecule has 7 heteroatoms. The summed E-state index contributed by atoms with van der Waals surface area (Å²) in [6.45, 7) is 5.36. The lowest BCUT2D eigenvalue weighted by molar-refractivity contribution is -0.119. The molecular weight excluding hydrogens is 311 g/mol. The zero-order valence-corrected chi connectivity index (χ0v) is 13.5. The summed E-state index contributed by atoms with van der Waals surface area (Å²) in [6.07, 6.45) is 0. The number of nitrogen functional groups attached to an aromatic ring is 1. The van der Waals surface area contributed by atoms with Crippen LogP contribution in [0.3, 0.4) is 0 Å². The summed E-state index contributed by atoms with van der Waals surface area (Å²) in [5.41, 5.74) is 8.18. The van der Waals surface area contributed by atoms with Crippen molar-refractivity contribution in [3.8, 4) is 0 Å². The van der Waals surface area contributed by atoms with Crippen molar-refractivity contribution in [2.75, 3.05) is 11.1 Å². The van der Waals surface area contributed by atoms with Crippen LogP contribution in [0.4, 0.5) is 11.4 Å². The highest BCUT2D eigenvalue weighted by Gasteiger charge is 2.21. The Balaban J connectivity index is 2.23. The minimum atomic E-state index is -0.519. The van der Waals surface area contributed by atoms with E-state index < -0.39 is 6.04 Å². The summed E-state index contributed by atoms with van der Waals surface area (Å²) in [5, 5.41) is 8.10. The number of nitrogens with zero attached hydrogens (tertiary/aromatic N) is 2. The van der Waals surface area contributed by atoms with E-state index in [2.05, 4.69) is 10.4 Å². The predicted molar refractivity (Wildman–Crippen MR) is 85.9 cm³/mol. The highest BCUT2D eigenvalue weighted by molar-refractivity contribution is 6.32. The Kier molecular flexibility index (Phi) is 4.44. The van der Waals surface area contributed by atoms with Gasteiger partial charge in [-0.15, -0.1) is 0 Å². The van der Waals surface area contributed by atoms with Crippen LogP contribution in [0.25, 0.3) is 0 Å². The topological polar surface area (TPSA) is 72.9 Å². The summed E-state index contributed by atoms with van der Waals surface area (Å²) in [7, 11) is 0. The molecule has 3 N–H and O–H groups in total. The maximum absolute atomic E-state index is 12.3. The lowest BCUT2D eigenvalue weighted by Crippen LogP contribution is -2.25. The molecule has 0 aliphatic carbocycles. The number of nitrogens with two attached hydrogens (primary N) is 1. The van der Waals surface area contributed by atoms with Crippen LogP contribution >= 0.6 is 23.2 Å². The molecule has 0 radical (unpaired) electrons. The van der Waals surface area contributed by atoms with Gasteiger partial charge in [0.15, 0.2) is 0 Å². The van der Waals surface area contributed by atoms with Crippen molar-refractivity contribution in [2.24, 2.45) is 0 Å². The van der Waals surface area contributed by atoms with Gasteiger partial charge in [0, 0.05) is 5.02 Å². The Labute approximate surface area is 133 Å². The van der Waals surface area contributed by atoms with Gasteiger partial charge in [0.25, 0.3) is 0 Å². The fourth-order valence-corrected chi connectivity index (χ4v) is 2.30. The molecule has 0 aliphatic rings. The van der Waals surface area contributed by atoms with Crippen LogP contribution < -0.4 is 11.1 Å². The third-order valence-electron chi connectivity index (χ3n) is 3.26. The number of anilines is 2. The number of hydrogen-bond acceptors (Lipinski definition) is 3. The molecule has 0 saturated heterocycles. The van der Waals surface area contributed by atoms with Crippen LogP contribution in [0.1, 0.15) is 24.4 Å². The van der Waals surface area contributed by atoms with E-state index in [0.717, 1.165) is 5.69 Å². The Bertz CT molecular complexity index is 697. The van der Waals surface area contributed by atoms with Gasteiger partial charge in [0.2, 0.25) is 5.91 Å². The second-order valence-corrected chi connectivity index (χ2v) is 5.64. The molecule has 2 aromatic rings. The summed E-state index contributed by atoms with van der Waals surface area (Å²) < 4.78 is 1.59. The van der Waals surface area contributed by atoms with E-state index in [0.29, 0.717) is 27.1 Å². The molecule has 0 fully saturated rings. The molecule has 1 unspecified atom stereocenters. The van der Waals surface area contributed by atoms with Gasteiger partial charge in [-0.1, -0.05) is 23.2 Å². The number of aryl methyl sites for hydroxylation is 1. The zero-order valence-electron chi connectivity index (χ0n) is 11.9. The highest BCUT2D eigenvalue weighted by atomic mass is 35.5. The number of aromatic nitrogens is 2. The summed E-state index contributed by atoms with van der Waals surface area (Å²) >= 11 is 12.0. The minimum absolute atomic E-state index is 0.244. The first-order valence-corrected chi connectivity index (χ1v) is 7.14. The molecule has 2 rings (SSSR count). The van der Waals surface area contributed by atoms with Crippen LogP contribution in [-0.2, 0) is 4.79 Å². The molecule has 5 nitrogen and oxygen atoms in total. The predicted octanol–water partition coefficient (Wildman–Crippen LogP) is 3.59. The van der Waals surface area contributed by atoms with E-state index in [9.17, 15) is 4.79 Å². The van der Waals surface area contributed by atoms with Gasteiger partial charge in [0.05, 0.1) is 27.8 Å². The van der Waals surface area contributed by atoms with Crippen molar-refractivity contribution >= 4 is 40.5 Å². The molecule has 1 heterocycles. The van der Waals surface area contributed by atoms with E-state index in [-0.39, 0.29) is 5.91 Å². The Morgan fingerprint density at radius 1 is 1.38 bits per heavy atom. The van der Waals surface area contributed by atoms with Crippen molar-refractivity contribution in [3.05, 3.63) is 39.6 Å². The van der Waals surface area contributed by atoms with Gasteiger partial charge < -0.3 is 11.1 Å². The van der Waals surface area contributed by atoms with Crippen molar-refractivity contribution < 1.29 is 4.79 Å². The van der Waals surface area contributed by atoms with Gasteiger partial charge in [-0.25, -0.2) is 0 Å². The monoisotopic (exact) mass is 326 g/mol. The number of amides is 1. The van der Waals surface area contributed by atoms with Crippen LogP contribution in [0, 0.1) is 13.8 Å². The summed E-state index contributed by atoms with van der Waals surface area (Å²) in [4.78, 5) is 12.3. The number of benzene rings is 1. The first-order chi connectivity index (χ1) is 9.81. The lowest BCUT2D eigenvalue weighted by Gasteiger charge is -2.15. The van der Waals surface area contributed by atoms with Crippen molar-refractivity contribution in [1.82, 2.24) is 9.78 Å². The van der Waals surface area contributed by atoms with Crippen molar-refractivity contribution in [1.29, 1.82) is 0 Å². The largest absolute Gasteiger partial charge is 0.397 e. The maximum Gasteiger partial charge on any atom is 0.249 e. The molecule has 0 aliphatic heterocycles. The van der Waals surface area contributed by atoms with Crippen LogP contribution in [0.2, 0.25) is 10.0 Å². The minimum Gasteiger partial charge on any atom is -0.397 e. The average molecular weight is 327 g/mol. The third-order valence-corrected chi connectivity index (χ3v) is 4.04. The molecule has 21 heavy (non-hydrogen) atoms. The van der Waals surface area contributed by atoms with Crippen LogP contribution in [0.15, 0.2) is 18.2 Å². The number of halogens is 2. The number of carbonyl (C=O) groups is 1. The highest BCUT2D eigenvalue weighted by Crippen LogP contribution is 2.26. The molecule has 0 saturated carbocycles. The second kappa shape index (κ2) is 5.95. The fourth-order valence-electron chi connectivity index (χ4n) is 2.00. The van der Waals surface area contributed by atoms with E-state index in [4.69, 9.17) is 28.9 Å². The Hall–Kier alpha value is -1.72. The SMILES string of the molecule is Cc1nn(C(C)C(=O)Nc2cc(Cl)ccc2N)c(C)c1Cl. The molecule has 1 aromatic carbocycles. The summed E-state index contributed by atoms with van der Waals surface area (Å²) in [6, 6.07) is 4.39. The standard InChI is InChI=1S/C14H16Cl2N4O/c1-7-13(16)8(2)20(19-7)9(3)14(21)18-12-6-10(15)4-5-11(12)17/h4-6,9H,17H2,1-3H3,(H,18,21). The number of nitrogens with one attached hydrogen (secondary N) is 1. The lowest BCUT2D eigenvalue weighted by atomic mass is 10.2. The fraction of sp³-hybridized carbons (Fsp3) is 0.286. The zero-order chi connectivity index (χ0) is 15.7. The quantitative estimate of drug-likeness (QED) is 0.846. The summed E-state index contributed by atoms with van der Waals surface area (Å²) in [5.74, 6) is -0.244. The second-order valence-electron chi connectivity index (χ2n) is 4.83. The van der Waals surface area contributed by atoms with Gasteiger partial charge in [-0.05, 0) is 39.0 Å². The Morgan fingerprint density at radius 2 is 2.05 bits per heavy atom. The van der Waals surface area contributed by atoms with Crippen molar-refractivity contribution in [2.45, 2.75) is 26.8 Å². The van der Waals surface area contributed by atoms with E-state index in [1.165, 1.54) is 0 Å². The van der Waals surface area contributed by atoms with Gasteiger partial charge in [-0.3, -0.25) is 9.48 Å². The first kappa shape index (κ1) is 15.7. The molecule has 1 atom stereocenters. The number of hydrogen-bond donors (Lipinski definition) is 2. The first-order valence-electron chi connectivity index (χ1n) is 6.38. The van der Waals surface area contributed by atoms with Gasteiger partial charge >= 0.3 is 0 Å². The van der Waals surface area contributed by atoms with E-state index >= 15 is 0 Å². The normalized spacial score (nSPS) is 12.2. The van der Waals surface area contributed by atoms with Gasteiger partial charge in [0.1, 0.15) is 6.04 Å². The number of rotatable bonds is 3. The number of carbonyl (C=O) groups excluding carboxylic acids is 1. The van der Waals surface area contributed by atoms with Gasteiger partial charge in [-0.2, -0.15) is 5.10 Å². The molecule has 0 bridgehead atoms. The molecule has 1 amide bonds. The Morgan fingerprint density at radius 3 is 2.62 bits per heavy atom.